The fraction of sp³-hybridized carbons (Fsp3) is 0.500. The van der Waals surface area contributed by atoms with Gasteiger partial charge in [0.2, 0.25) is 5.91 Å². The van der Waals surface area contributed by atoms with Crippen molar-refractivity contribution >= 4 is 17.6 Å². The van der Waals surface area contributed by atoms with E-state index >= 15 is 0 Å². The molecule has 0 aliphatic heterocycles. The second-order valence-corrected chi connectivity index (χ2v) is 5.60. The van der Waals surface area contributed by atoms with Crippen LogP contribution in [0.15, 0.2) is 24.3 Å². The Morgan fingerprint density at radius 3 is 2.35 bits per heavy atom. The summed E-state index contributed by atoms with van der Waals surface area (Å²) < 4.78 is 4.98. The zero-order valence-corrected chi connectivity index (χ0v) is 13.6. The highest BCUT2D eigenvalue weighted by Gasteiger charge is 2.23. The van der Waals surface area contributed by atoms with Crippen molar-refractivity contribution in [1.29, 1.82) is 0 Å². The first-order chi connectivity index (χ1) is 10.8. The maximum Gasteiger partial charge on any atom is 0.328 e. The topological polar surface area (TPSA) is 98.5 Å². The second-order valence-electron chi connectivity index (χ2n) is 5.60. The number of nitro benzene ring substituents is 1. The monoisotopic (exact) mass is 322 g/mol. The molecule has 0 fully saturated rings. The van der Waals surface area contributed by atoms with Crippen molar-refractivity contribution in [2.75, 3.05) is 6.61 Å². The van der Waals surface area contributed by atoms with Gasteiger partial charge in [0.25, 0.3) is 5.69 Å². The Bertz CT molecular complexity index is 554. The van der Waals surface area contributed by atoms with Crippen LogP contribution in [0.2, 0.25) is 0 Å². The Morgan fingerprint density at radius 2 is 1.87 bits per heavy atom. The first-order valence-corrected chi connectivity index (χ1v) is 7.52. The lowest BCUT2D eigenvalue weighted by Gasteiger charge is -2.18. The summed E-state index contributed by atoms with van der Waals surface area (Å²) >= 11 is 0. The van der Waals surface area contributed by atoms with E-state index in [-0.39, 0.29) is 30.5 Å². The fourth-order valence-corrected chi connectivity index (χ4v) is 2.05. The molecule has 0 bridgehead atoms. The van der Waals surface area contributed by atoms with E-state index in [2.05, 4.69) is 5.32 Å². The molecule has 1 rings (SSSR count). The molecule has 0 saturated heterocycles. The van der Waals surface area contributed by atoms with E-state index in [0.717, 1.165) is 0 Å². The Balaban J connectivity index is 2.81. The molecule has 0 aliphatic carbocycles. The smallest absolute Gasteiger partial charge is 0.328 e. The highest BCUT2D eigenvalue weighted by atomic mass is 16.6. The molecule has 1 N–H and O–H groups in total. The van der Waals surface area contributed by atoms with Crippen LogP contribution in [-0.4, -0.2) is 29.4 Å². The fourth-order valence-electron chi connectivity index (χ4n) is 2.05. The molecule has 0 radical (unpaired) electrons. The summed E-state index contributed by atoms with van der Waals surface area (Å²) in [5, 5.41) is 13.3. The van der Waals surface area contributed by atoms with Gasteiger partial charge >= 0.3 is 5.97 Å². The van der Waals surface area contributed by atoms with Gasteiger partial charge in [-0.1, -0.05) is 26.0 Å². The van der Waals surface area contributed by atoms with Gasteiger partial charge in [0.15, 0.2) is 0 Å². The number of benzene rings is 1. The molecule has 1 aromatic carbocycles. The van der Waals surface area contributed by atoms with Gasteiger partial charge in [0, 0.05) is 25.0 Å². The maximum atomic E-state index is 12.0. The lowest BCUT2D eigenvalue weighted by Crippen LogP contribution is -2.43. The van der Waals surface area contributed by atoms with E-state index in [4.69, 9.17) is 4.74 Å². The van der Waals surface area contributed by atoms with Crippen LogP contribution >= 0.6 is 0 Å². The van der Waals surface area contributed by atoms with Crippen molar-refractivity contribution in [3.05, 3.63) is 39.9 Å². The lowest BCUT2D eigenvalue weighted by molar-refractivity contribution is -0.384. The number of non-ortho nitro benzene ring substituents is 1. The molecule has 1 atom stereocenters. The van der Waals surface area contributed by atoms with Crippen LogP contribution in [0.3, 0.4) is 0 Å². The van der Waals surface area contributed by atoms with Crippen molar-refractivity contribution < 1.29 is 19.2 Å². The number of hydrogen-bond acceptors (Lipinski definition) is 5. The Morgan fingerprint density at radius 1 is 1.26 bits per heavy atom. The second kappa shape index (κ2) is 8.87. The number of esters is 1. The van der Waals surface area contributed by atoms with E-state index in [1.165, 1.54) is 12.1 Å². The van der Waals surface area contributed by atoms with Crippen LogP contribution in [0.25, 0.3) is 0 Å². The van der Waals surface area contributed by atoms with Gasteiger partial charge < -0.3 is 10.1 Å². The molecule has 0 saturated carbocycles. The summed E-state index contributed by atoms with van der Waals surface area (Å²) in [6.07, 6.45) is 0.539. The molecule has 0 heterocycles. The Kier molecular flexibility index (Phi) is 7.18. The van der Waals surface area contributed by atoms with E-state index in [1.807, 2.05) is 13.8 Å². The SMILES string of the molecule is CCOC(=O)C(Cc1ccc([N+](=O)[O-])cc1)NC(=O)CC(C)C. The number of ether oxygens (including phenoxy) is 1. The standard InChI is InChI=1S/C16H22N2O5/c1-4-23-16(20)14(17-15(19)9-11(2)3)10-12-5-7-13(8-6-12)18(21)22/h5-8,11,14H,4,9-10H2,1-3H3,(H,17,19). The molecule has 1 amide bonds. The summed E-state index contributed by atoms with van der Waals surface area (Å²) in [6.45, 7) is 5.73. The normalized spacial score (nSPS) is 11.8. The highest BCUT2D eigenvalue weighted by molar-refractivity contribution is 5.84. The van der Waals surface area contributed by atoms with Crippen LogP contribution in [0.4, 0.5) is 5.69 Å². The largest absolute Gasteiger partial charge is 0.464 e. The van der Waals surface area contributed by atoms with Gasteiger partial charge in [0.1, 0.15) is 6.04 Å². The first-order valence-electron chi connectivity index (χ1n) is 7.52. The summed E-state index contributed by atoms with van der Waals surface area (Å²) in [6, 6.07) is 5.07. The molecule has 126 valence electrons. The predicted molar refractivity (Wildman–Crippen MR) is 84.8 cm³/mol. The molecule has 0 aromatic heterocycles. The number of carbonyl (C=O) groups is 2. The molecule has 23 heavy (non-hydrogen) atoms. The van der Waals surface area contributed by atoms with Crippen molar-refractivity contribution in [1.82, 2.24) is 5.32 Å². The molecular weight excluding hydrogens is 300 g/mol. The number of carbonyl (C=O) groups excluding carboxylic acids is 2. The first kappa shape index (κ1) is 18.6. The molecule has 7 nitrogen and oxygen atoms in total. The highest BCUT2D eigenvalue weighted by Crippen LogP contribution is 2.14. The molecule has 7 heteroatoms. The lowest BCUT2D eigenvalue weighted by atomic mass is 10.0. The van der Waals surface area contributed by atoms with Crippen LogP contribution in [0.5, 0.6) is 0 Å². The van der Waals surface area contributed by atoms with Gasteiger partial charge in [-0.25, -0.2) is 4.79 Å². The summed E-state index contributed by atoms with van der Waals surface area (Å²) in [4.78, 5) is 34.1. The number of rotatable bonds is 8. The average molecular weight is 322 g/mol. The molecular formula is C16H22N2O5. The minimum atomic E-state index is -0.803. The number of nitrogens with one attached hydrogen (secondary N) is 1. The van der Waals surface area contributed by atoms with Gasteiger partial charge in [-0.15, -0.1) is 0 Å². The Labute approximate surface area is 135 Å². The zero-order valence-electron chi connectivity index (χ0n) is 13.6. The predicted octanol–water partition coefficient (Wildman–Crippen LogP) is 2.23. The van der Waals surface area contributed by atoms with E-state index in [9.17, 15) is 19.7 Å². The molecule has 0 aliphatic rings. The molecule has 0 spiro atoms. The summed E-state index contributed by atoms with van der Waals surface area (Å²) in [5.74, 6) is -0.555. The van der Waals surface area contributed by atoms with Crippen molar-refractivity contribution in [3.63, 3.8) is 0 Å². The molecule has 1 aromatic rings. The van der Waals surface area contributed by atoms with Crippen molar-refractivity contribution in [3.8, 4) is 0 Å². The minimum Gasteiger partial charge on any atom is -0.464 e. The summed E-state index contributed by atoms with van der Waals surface area (Å²) in [7, 11) is 0. The van der Waals surface area contributed by atoms with Crippen LogP contribution in [-0.2, 0) is 20.7 Å². The minimum absolute atomic E-state index is 0.0229. The van der Waals surface area contributed by atoms with Gasteiger partial charge in [0.05, 0.1) is 11.5 Å². The van der Waals surface area contributed by atoms with Gasteiger partial charge in [-0.05, 0) is 18.4 Å². The third kappa shape index (κ3) is 6.46. The third-order valence-electron chi connectivity index (χ3n) is 3.09. The molecule has 1 unspecified atom stereocenters. The van der Waals surface area contributed by atoms with E-state index in [0.29, 0.717) is 12.0 Å². The Hall–Kier alpha value is -2.44. The van der Waals surface area contributed by atoms with Crippen LogP contribution < -0.4 is 5.32 Å². The van der Waals surface area contributed by atoms with E-state index in [1.54, 1.807) is 19.1 Å². The number of hydrogen-bond donors (Lipinski definition) is 1. The van der Waals surface area contributed by atoms with E-state index < -0.39 is 16.9 Å². The number of nitro groups is 1. The van der Waals surface area contributed by atoms with Gasteiger partial charge in [-0.2, -0.15) is 0 Å². The number of amides is 1. The van der Waals surface area contributed by atoms with Crippen LogP contribution in [0.1, 0.15) is 32.8 Å². The van der Waals surface area contributed by atoms with Gasteiger partial charge in [-0.3, -0.25) is 14.9 Å². The number of nitrogens with zero attached hydrogens (tertiary/aromatic N) is 1. The van der Waals surface area contributed by atoms with Crippen molar-refractivity contribution in [2.45, 2.75) is 39.7 Å². The summed E-state index contributed by atoms with van der Waals surface area (Å²) in [5.41, 5.74) is 0.684. The third-order valence-corrected chi connectivity index (χ3v) is 3.09. The van der Waals surface area contributed by atoms with Crippen LogP contribution in [0, 0.1) is 16.0 Å². The maximum absolute atomic E-state index is 12.0. The van der Waals surface area contributed by atoms with Crippen molar-refractivity contribution in [2.24, 2.45) is 5.92 Å². The quantitative estimate of drug-likeness (QED) is 0.449. The zero-order chi connectivity index (χ0) is 17.4. The average Bonchev–Trinajstić information content (AvgIpc) is 2.46.